The van der Waals surface area contributed by atoms with Gasteiger partial charge in [-0.05, 0) is 36.1 Å². The molecule has 23 heavy (non-hydrogen) atoms. The molecule has 0 saturated heterocycles. The van der Waals surface area contributed by atoms with Crippen LogP contribution in [0.4, 0.5) is 10.5 Å². The third kappa shape index (κ3) is 4.43. The minimum Gasteiger partial charge on any atom is -0.392 e. The number of hydrogen-bond donors (Lipinski definition) is 3. The van der Waals surface area contributed by atoms with Crippen LogP contribution in [0.25, 0.3) is 0 Å². The highest BCUT2D eigenvalue weighted by molar-refractivity contribution is 5.89. The fourth-order valence-corrected chi connectivity index (χ4v) is 2.16. The van der Waals surface area contributed by atoms with Gasteiger partial charge < -0.3 is 20.3 Å². The number of anilines is 1. The van der Waals surface area contributed by atoms with E-state index in [9.17, 15) is 9.59 Å². The Morgan fingerprint density at radius 1 is 1.17 bits per heavy atom. The standard InChI is InChI=1S/C17H21N3O3/c1-12-8-10-20(2)16(22)15(12)19-17(23)18-9-7-13-3-5-14(11-21)6-4-13/h3-6,8,10,21H,7,9,11H2,1-2H3,(H2,18,19,23). The predicted molar refractivity (Wildman–Crippen MR) is 89.5 cm³/mol. The summed E-state index contributed by atoms with van der Waals surface area (Å²) in [6, 6.07) is 8.92. The molecule has 6 heteroatoms. The fourth-order valence-electron chi connectivity index (χ4n) is 2.16. The molecule has 2 aromatic rings. The minimum absolute atomic E-state index is 0.0202. The molecule has 0 unspecified atom stereocenters. The lowest BCUT2D eigenvalue weighted by Gasteiger charge is -2.10. The van der Waals surface area contributed by atoms with E-state index in [-0.39, 0.29) is 12.2 Å². The number of hydrogen-bond acceptors (Lipinski definition) is 3. The molecule has 122 valence electrons. The van der Waals surface area contributed by atoms with Gasteiger partial charge in [0, 0.05) is 19.8 Å². The molecule has 6 nitrogen and oxygen atoms in total. The summed E-state index contributed by atoms with van der Waals surface area (Å²) in [6.45, 7) is 2.25. The van der Waals surface area contributed by atoms with Crippen LogP contribution in [-0.4, -0.2) is 22.2 Å². The third-order valence-electron chi connectivity index (χ3n) is 3.62. The number of aryl methyl sites for hydroxylation is 2. The largest absolute Gasteiger partial charge is 0.392 e. The first-order chi connectivity index (χ1) is 11.0. The summed E-state index contributed by atoms with van der Waals surface area (Å²) in [5.74, 6) is 0. The molecule has 0 fully saturated rings. The number of rotatable bonds is 5. The second kappa shape index (κ2) is 7.60. The van der Waals surface area contributed by atoms with Gasteiger partial charge in [-0.3, -0.25) is 4.79 Å². The van der Waals surface area contributed by atoms with Gasteiger partial charge in [-0.1, -0.05) is 24.3 Å². The van der Waals surface area contributed by atoms with Crippen LogP contribution in [0.15, 0.2) is 41.3 Å². The Morgan fingerprint density at radius 2 is 1.83 bits per heavy atom. The van der Waals surface area contributed by atoms with E-state index in [1.54, 1.807) is 26.2 Å². The number of benzene rings is 1. The van der Waals surface area contributed by atoms with E-state index in [0.717, 1.165) is 16.7 Å². The SMILES string of the molecule is Cc1ccn(C)c(=O)c1NC(=O)NCCc1ccc(CO)cc1. The Balaban J connectivity index is 1.88. The molecular formula is C17H21N3O3. The Kier molecular flexibility index (Phi) is 5.54. The van der Waals surface area contributed by atoms with E-state index in [0.29, 0.717) is 18.7 Å². The highest BCUT2D eigenvalue weighted by atomic mass is 16.3. The van der Waals surface area contributed by atoms with E-state index < -0.39 is 6.03 Å². The van der Waals surface area contributed by atoms with Crippen molar-refractivity contribution in [1.82, 2.24) is 9.88 Å². The lowest BCUT2D eigenvalue weighted by atomic mass is 10.1. The van der Waals surface area contributed by atoms with Gasteiger partial charge in [0.1, 0.15) is 5.69 Å². The number of carbonyl (C=O) groups is 1. The molecule has 0 radical (unpaired) electrons. The van der Waals surface area contributed by atoms with Crippen molar-refractivity contribution in [1.29, 1.82) is 0 Å². The van der Waals surface area contributed by atoms with Crippen LogP contribution in [0.2, 0.25) is 0 Å². The number of urea groups is 1. The zero-order valence-corrected chi connectivity index (χ0v) is 13.3. The first kappa shape index (κ1) is 16.8. The summed E-state index contributed by atoms with van der Waals surface area (Å²) >= 11 is 0. The molecule has 0 aliphatic rings. The number of carbonyl (C=O) groups excluding carboxylic acids is 1. The second-order valence-corrected chi connectivity index (χ2v) is 5.40. The van der Waals surface area contributed by atoms with Crippen LogP contribution in [0.3, 0.4) is 0 Å². The molecule has 0 atom stereocenters. The minimum atomic E-state index is -0.400. The van der Waals surface area contributed by atoms with Crippen molar-refractivity contribution in [2.45, 2.75) is 20.0 Å². The van der Waals surface area contributed by atoms with Crippen molar-refractivity contribution in [3.8, 4) is 0 Å². The number of aliphatic hydroxyl groups excluding tert-OH is 1. The summed E-state index contributed by atoms with van der Waals surface area (Å²) in [6.07, 6.45) is 2.34. The normalized spacial score (nSPS) is 10.4. The van der Waals surface area contributed by atoms with Gasteiger partial charge in [0.2, 0.25) is 0 Å². The molecule has 1 aromatic carbocycles. The van der Waals surface area contributed by atoms with E-state index in [4.69, 9.17) is 5.11 Å². The highest BCUT2D eigenvalue weighted by Crippen LogP contribution is 2.07. The number of aliphatic hydroxyl groups is 1. The van der Waals surface area contributed by atoms with Gasteiger partial charge in [0.15, 0.2) is 0 Å². The second-order valence-electron chi connectivity index (χ2n) is 5.40. The smallest absolute Gasteiger partial charge is 0.319 e. The van der Waals surface area contributed by atoms with Gasteiger partial charge in [-0.15, -0.1) is 0 Å². The molecule has 1 aromatic heterocycles. The molecule has 1 heterocycles. The third-order valence-corrected chi connectivity index (χ3v) is 3.62. The van der Waals surface area contributed by atoms with Gasteiger partial charge >= 0.3 is 6.03 Å². The van der Waals surface area contributed by atoms with Gasteiger partial charge in [-0.25, -0.2) is 4.79 Å². The van der Waals surface area contributed by atoms with E-state index in [1.807, 2.05) is 24.3 Å². The fraction of sp³-hybridized carbons (Fsp3) is 0.294. The molecule has 0 spiro atoms. The summed E-state index contributed by atoms with van der Waals surface area (Å²) in [4.78, 5) is 23.9. The van der Waals surface area contributed by atoms with Crippen molar-refractivity contribution >= 4 is 11.7 Å². The Bertz CT molecular complexity index is 736. The summed E-state index contributed by atoms with van der Waals surface area (Å²) in [5, 5.41) is 14.3. The number of pyridine rings is 1. The van der Waals surface area contributed by atoms with Crippen LogP contribution in [0.5, 0.6) is 0 Å². The summed E-state index contributed by atoms with van der Waals surface area (Å²) < 4.78 is 1.42. The lowest BCUT2D eigenvalue weighted by molar-refractivity contribution is 0.252. The average Bonchev–Trinajstić information content (AvgIpc) is 2.56. The van der Waals surface area contributed by atoms with Crippen molar-refractivity contribution in [3.05, 3.63) is 63.6 Å². The zero-order chi connectivity index (χ0) is 16.8. The highest BCUT2D eigenvalue weighted by Gasteiger charge is 2.09. The monoisotopic (exact) mass is 315 g/mol. The number of aromatic nitrogens is 1. The molecule has 3 N–H and O–H groups in total. The van der Waals surface area contributed by atoms with Crippen LogP contribution in [0.1, 0.15) is 16.7 Å². The summed E-state index contributed by atoms with van der Waals surface area (Å²) in [7, 11) is 1.64. The topological polar surface area (TPSA) is 83.4 Å². The summed E-state index contributed by atoms with van der Waals surface area (Å²) in [5.41, 5.74) is 2.70. The zero-order valence-electron chi connectivity index (χ0n) is 13.3. The molecule has 0 aliphatic heterocycles. The van der Waals surface area contributed by atoms with Crippen LogP contribution in [0, 0.1) is 6.92 Å². The maximum absolute atomic E-state index is 12.0. The molecule has 2 amide bonds. The molecule has 0 bridgehead atoms. The molecule has 2 rings (SSSR count). The predicted octanol–water partition coefficient (Wildman–Crippen LogP) is 1.55. The molecule has 0 aliphatic carbocycles. The molecule has 0 saturated carbocycles. The lowest BCUT2D eigenvalue weighted by Crippen LogP contribution is -2.34. The van der Waals surface area contributed by atoms with Gasteiger partial charge in [0.05, 0.1) is 6.61 Å². The average molecular weight is 315 g/mol. The van der Waals surface area contributed by atoms with Crippen LogP contribution < -0.4 is 16.2 Å². The maximum Gasteiger partial charge on any atom is 0.319 e. The Morgan fingerprint density at radius 3 is 2.48 bits per heavy atom. The Labute approximate surface area is 134 Å². The van der Waals surface area contributed by atoms with Crippen molar-refractivity contribution in [3.63, 3.8) is 0 Å². The first-order valence-electron chi connectivity index (χ1n) is 7.41. The van der Waals surface area contributed by atoms with Crippen LogP contribution >= 0.6 is 0 Å². The van der Waals surface area contributed by atoms with Crippen molar-refractivity contribution in [2.75, 3.05) is 11.9 Å². The van der Waals surface area contributed by atoms with Crippen molar-refractivity contribution in [2.24, 2.45) is 7.05 Å². The van der Waals surface area contributed by atoms with E-state index >= 15 is 0 Å². The Hall–Kier alpha value is -2.60. The molecular weight excluding hydrogens is 294 g/mol. The van der Waals surface area contributed by atoms with E-state index in [2.05, 4.69) is 10.6 Å². The maximum atomic E-state index is 12.0. The van der Waals surface area contributed by atoms with Crippen molar-refractivity contribution < 1.29 is 9.90 Å². The van der Waals surface area contributed by atoms with Gasteiger partial charge in [0.25, 0.3) is 5.56 Å². The first-order valence-corrected chi connectivity index (χ1v) is 7.41. The number of nitrogens with zero attached hydrogens (tertiary/aromatic N) is 1. The number of nitrogens with one attached hydrogen (secondary N) is 2. The quantitative estimate of drug-likeness (QED) is 0.783. The number of amides is 2. The van der Waals surface area contributed by atoms with E-state index in [1.165, 1.54) is 4.57 Å². The van der Waals surface area contributed by atoms with Gasteiger partial charge in [-0.2, -0.15) is 0 Å². The van der Waals surface area contributed by atoms with Crippen LogP contribution in [-0.2, 0) is 20.1 Å².